The van der Waals surface area contributed by atoms with Crippen LogP contribution in [0.3, 0.4) is 0 Å². The third-order valence-electron chi connectivity index (χ3n) is 5.12. The normalized spacial score (nSPS) is 24.1. The van der Waals surface area contributed by atoms with E-state index in [0.29, 0.717) is 6.04 Å². The van der Waals surface area contributed by atoms with Gasteiger partial charge in [-0.1, -0.05) is 0 Å². The van der Waals surface area contributed by atoms with Crippen LogP contribution in [0.5, 0.6) is 0 Å². The Morgan fingerprint density at radius 2 is 2.04 bits per heavy atom. The fourth-order valence-electron chi connectivity index (χ4n) is 3.80. The number of nitrogens with zero attached hydrogens (tertiary/aromatic N) is 3. The number of furan rings is 1. The predicted octanol–water partition coefficient (Wildman–Crippen LogP) is 2.70. The Balaban J connectivity index is 1.32. The molecule has 4 rings (SSSR count). The van der Waals surface area contributed by atoms with Crippen molar-refractivity contribution in [1.82, 2.24) is 14.9 Å². The van der Waals surface area contributed by atoms with Gasteiger partial charge in [0.25, 0.3) is 0 Å². The van der Waals surface area contributed by atoms with Gasteiger partial charge in [0.05, 0.1) is 18.4 Å². The summed E-state index contributed by atoms with van der Waals surface area (Å²) < 4.78 is 11.7. The molecule has 6 heteroatoms. The molecule has 1 unspecified atom stereocenters. The van der Waals surface area contributed by atoms with Gasteiger partial charge < -0.3 is 14.5 Å². The summed E-state index contributed by atoms with van der Waals surface area (Å²) in [7, 11) is 0. The van der Waals surface area contributed by atoms with Crippen LogP contribution in [-0.2, 0) is 11.3 Å². The average Bonchev–Trinajstić information content (AvgIpc) is 3.11. The largest absolute Gasteiger partial charge is 0.468 e. The molecule has 4 heterocycles. The fourth-order valence-corrected chi connectivity index (χ4v) is 3.80. The van der Waals surface area contributed by atoms with Crippen molar-refractivity contribution in [3.63, 3.8) is 0 Å². The summed E-state index contributed by atoms with van der Waals surface area (Å²) >= 11 is 0. The second-order valence-electron chi connectivity index (χ2n) is 6.79. The van der Waals surface area contributed by atoms with E-state index in [9.17, 15) is 0 Å². The van der Waals surface area contributed by atoms with Crippen LogP contribution in [0.1, 0.15) is 31.4 Å². The summed E-state index contributed by atoms with van der Waals surface area (Å²) in [5.74, 6) is 1.76. The monoisotopic (exact) mass is 328 g/mol. The molecule has 2 saturated heterocycles. The first-order valence-electron chi connectivity index (χ1n) is 8.74. The van der Waals surface area contributed by atoms with Crippen LogP contribution in [0.25, 0.3) is 0 Å². The van der Waals surface area contributed by atoms with Gasteiger partial charge in [-0.2, -0.15) is 0 Å². The van der Waals surface area contributed by atoms with Crippen molar-refractivity contribution in [2.75, 3.05) is 25.0 Å². The molecular formula is C18H24N4O2. The van der Waals surface area contributed by atoms with E-state index in [-0.39, 0.29) is 5.60 Å². The SMILES string of the molecule is c1cnc(NC2CCOC3(CCN(Cc4ccco4)CC3)C2)nc1. The Hall–Kier alpha value is -1.92. The van der Waals surface area contributed by atoms with Gasteiger partial charge in [-0.15, -0.1) is 0 Å². The minimum absolute atomic E-state index is 0.00433. The molecule has 2 aliphatic rings. The Bertz CT molecular complexity index is 624. The number of rotatable bonds is 4. The number of anilines is 1. The summed E-state index contributed by atoms with van der Waals surface area (Å²) in [5, 5.41) is 3.47. The maximum atomic E-state index is 6.23. The topological polar surface area (TPSA) is 63.4 Å². The molecule has 2 aromatic rings. The van der Waals surface area contributed by atoms with Gasteiger partial charge in [-0.3, -0.25) is 4.90 Å². The molecule has 2 fully saturated rings. The first kappa shape index (κ1) is 15.6. The average molecular weight is 328 g/mol. The molecule has 0 saturated carbocycles. The lowest BCUT2D eigenvalue weighted by atomic mass is 9.82. The van der Waals surface area contributed by atoms with Crippen molar-refractivity contribution in [3.05, 3.63) is 42.6 Å². The van der Waals surface area contributed by atoms with Crippen LogP contribution >= 0.6 is 0 Å². The number of piperidine rings is 1. The summed E-state index contributed by atoms with van der Waals surface area (Å²) in [6.07, 6.45) is 9.47. The van der Waals surface area contributed by atoms with E-state index in [1.54, 1.807) is 18.7 Å². The Morgan fingerprint density at radius 3 is 2.79 bits per heavy atom. The lowest BCUT2D eigenvalue weighted by Gasteiger charge is -2.46. The summed E-state index contributed by atoms with van der Waals surface area (Å²) in [6, 6.07) is 6.22. The Morgan fingerprint density at radius 1 is 1.21 bits per heavy atom. The van der Waals surface area contributed by atoms with Gasteiger partial charge in [-0.25, -0.2) is 9.97 Å². The molecule has 2 aromatic heterocycles. The number of hydrogen-bond donors (Lipinski definition) is 1. The van der Waals surface area contributed by atoms with Crippen molar-refractivity contribution in [2.24, 2.45) is 0 Å². The number of ether oxygens (including phenoxy) is 1. The minimum Gasteiger partial charge on any atom is -0.468 e. The molecular weight excluding hydrogens is 304 g/mol. The quantitative estimate of drug-likeness (QED) is 0.931. The van der Waals surface area contributed by atoms with Gasteiger partial charge in [0.15, 0.2) is 0 Å². The zero-order valence-corrected chi connectivity index (χ0v) is 13.9. The van der Waals surface area contributed by atoms with Crippen LogP contribution in [0.2, 0.25) is 0 Å². The summed E-state index contributed by atoms with van der Waals surface area (Å²) in [6.45, 7) is 3.80. The molecule has 1 spiro atoms. The molecule has 0 bridgehead atoms. The van der Waals surface area contributed by atoms with Crippen molar-refractivity contribution < 1.29 is 9.15 Å². The van der Waals surface area contributed by atoms with Crippen LogP contribution in [-0.4, -0.2) is 46.2 Å². The van der Waals surface area contributed by atoms with Crippen molar-refractivity contribution in [2.45, 2.75) is 43.9 Å². The number of likely N-dealkylation sites (tertiary alicyclic amines) is 1. The zero-order chi connectivity index (χ0) is 16.2. The number of hydrogen-bond acceptors (Lipinski definition) is 6. The summed E-state index contributed by atoms with van der Waals surface area (Å²) in [4.78, 5) is 11.0. The molecule has 0 aliphatic carbocycles. The maximum absolute atomic E-state index is 6.23. The first-order chi connectivity index (χ1) is 11.8. The van der Waals surface area contributed by atoms with Gasteiger partial charge >= 0.3 is 0 Å². The van der Waals surface area contributed by atoms with E-state index in [1.165, 1.54) is 0 Å². The first-order valence-corrected chi connectivity index (χ1v) is 8.74. The van der Waals surface area contributed by atoms with E-state index in [2.05, 4.69) is 20.2 Å². The lowest BCUT2D eigenvalue weighted by molar-refractivity contribution is -0.115. The van der Waals surface area contributed by atoms with Crippen LogP contribution in [0.15, 0.2) is 41.3 Å². The second-order valence-corrected chi connectivity index (χ2v) is 6.79. The van der Waals surface area contributed by atoms with Crippen molar-refractivity contribution in [3.8, 4) is 0 Å². The van der Waals surface area contributed by atoms with E-state index in [0.717, 1.165) is 63.6 Å². The lowest BCUT2D eigenvalue weighted by Crippen LogP contribution is -2.51. The van der Waals surface area contributed by atoms with Crippen LogP contribution in [0, 0.1) is 0 Å². The predicted molar refractivity (Wildman–Crippen MR) is 90.6 cm³/mol. The number of aromatic nitrogens is 2. The molecule has 1 N–H and O–H groups in total. The van der Waals surface area contributed by atoms with E-state index in [1.807, 2.05) is 18.2 Å². The van der Waals surface area contributed by atoms with Gasteiger partial charge in [0.2, 0.25) is 5.95 Å². The van der Waals surface area contributed by atoms with Gasteiger partial charge in [-0.05, 0) is 43.9 Å². The Kier molecular flexibility index (Phi) is 4.49. The van der Waals surface area contributed by atoms with Crippen LogP contribution in [0.4, 0.5) is 5.95 Å². The molecule has 1 atom stereocenters. The summed E-state index contributed by atoms with van der Waals surface area (Å²) in [5.41, 5.74) is 0.00433. The molecule has 128 valence electrons. The number of nitrogens with one attached hydrogen (secondary N) is 1. The van der Waals surface area contributed by atoms with Crippen molar-refractivity contribution >= 4 is 5.95 Å². The van der Waals surface area contributed by atoms with Gasteiger partial charge in [0, 0.05) is 38.1 Å². The second kappa shape index (κ2) is 6.91. The van der Waals surface area contributed by atoms with Crippen LogP contribution < -0.4 is 5.32 Å². The highest BCUT2D eigenvalue weighted by Gasteiger charge is 2.40. The highest BCUT2D eigenvalue weighted by Crippen LogP contribution is 2.36. The fraction of sp³-hybridized carbons (Fsp3) is 0.556. The molecule has 2 aliphatic heterocycles. The van der Waals surface area contributed by atoms with Gasteiger partial charge in [0.1, 0.15) is 5.76 Å². The minimum atomic E-state index is 0.00433. The molecule has 24 heavy (non-hydrogen) atoms. The van der Waals surface area contributed by atoms with Crippen molar-refractivity contribution in [1.29, 1.82) is 0 Å². The maximum Gasteiger partial charge on any atom is 0.222 e. The highest BCUT2D eigenvalue weighted by atomic mass is 16.5. The Labute approximate surface area is 142 Å². The van der Waals surface area contributed by atoms with E-state index >= 15 is 0 Å². The molecule has 0 radical (unpaired) electrons. The van der Waals surface area contributed by atoms with E-state index in [4.69, 9.17) is 9.15 Å². The molecule has 0 aromatic carbocycles. The molecule has 0 amide bonds. The standard InChI is InChI=1S/C18H24N4O2/c1-3-16(23-11-1)14-22-9-5-18(6-10-22)13-15(4-12-24-18)21-17-19-7-2-8-20-17/h1-3,7-8,11,15H,4-6,9-10,12-14H2,(H,19,20,21). The molecule has 6 nitrogen and oxygen atoms in total. The van der Waals surface area contributed by atoms with E-state index < -0.39 is 0 Å². The zero-order valence-electron chi connectivity index (χ0n) is 13.9. The third-order valence-corrected chi connectivity index (χ3v) is 5.12. The highest BCUT2D eigenvalue weighted by molar-refractivity contribution is 5.25. The third kappa shape index (κ3) is 3.60. The smallest absolute Gasteiger partial charge is 0.222 e.